The SMILES string of the molecule is c1ccc2c(c1)oc1ccc(-c3ccc4c(c3)c3cc(-c5ccc6c7ccccc7c7ccccc7c6c5)ccc3n4-c3ccc(-c4cccc5c4oc4ccccc45)cc3)cc12. The van der Waals surface area contributed by atoms with Crippen molar-refractivity contribution >= 4 is 98.0 Å². The molecule has 0 fully saturated rings. The molecule has 0 amide bonds. The van der Waals surface area contributed by atoms with Gasteiger partial charge in [0.15, 0.2) is 0 Å². The predicted octanol–water partition coefficient (Wildman–Crippen LogP) is 17.0. The number of para-hydroxylation sites is 3. The maximum Gasteiger partial charge on any atom is 0.143 e. The second-order valence-corrected chi connectivity index (χ2v) is 16.8. The Morgan fingerprint density at radius 1 is 0.254 bits per heavy atom. The summed E-state index contributed by atoms with van der Waals surface area (Å²) in [7, 11) is 0. The highest BCUT2D eigenvalue weighted by Crippen LogP contribution is 2.42. The summed E-state index contributed by atoms with van der Waals surface area (Å²) in [5.41, 5.74) is 14.0. The Kier molecular flexibility index (Phi) is 7.11. The highest BCUT2D eigenvalue weighted by atomic mass is 16.3. The van der Waals surface area contributed by atoms with E-state index in [1.165, 1.54) is 54.2 Å². The lowest BCUT2D eigenvalue weighted by Crippen LogP contribution is -1.94. The molecule has 0 aliphatic rings. The van der Waals surface area contributed by atoms with Crippen LogP contribution in [0.5, 0.6) is 0 Å². The summed E-state index contributed by atoms with van der Waals surface area (Å²) >= 11 is 0. The van der Waals surface area contributed by atoms with Crippen LogP contribution in [0.15, 0.2) is 221 Å². The smallest absolute Gasteiger partial charge is 0.143 e. The van der Waals surface area contributed by atoms with Crippen molar-refractivity contribution in [3.63, 3.8) is 0 Å². The van der Waals surface area contributed by atoms with Crippen molar-refractivity contribution < 1.29 is 8.83 Å². The molecule has 11 aromatic carbocycles. The van der Waals surface area contributed by atoms with Crippen LogP contribution in [0.25, 0.3) is 137 Å². The first kappa shape index (κ1) is 34.3. The van der Waals surface area contributed by atoms with E-state index in [4.69, 9.17) is 8.83 Å². The van der Waals surface area contributed by atoms with Gasteiger partial charge in [-0.05, 0) is 127 Å². The zero-order valence-electron chi connectivity index (χ0n) is 34.0. The molecule has 3 nitrogen and oxygen atoms in total. The first-order valence-electron chi connectivity index (χ1n) is 21.6. The quantitative estimate of drug-likeness (QED) is 0.166. The van der Waals surface area contributed by atoms with Crippen molar-refractivity contribution in [2.75, 3.05) is 0 Å². The molecule has 0 saturated heterocycles. The molecule has 3 aromatic heterocycles. The molecule has 14 aromatic rings. The van der Waals surface area contributed by atoms with Gasteiger partial charge in [0.1, 0.15) is 22.3 Å². The van der Waals surface area contributed by atoms with E-state index in [1.807, 2.05) is 24.3 Å². The van der Waals surface area contributed by atoms with E-state index in [0.29, 0.717) is 0 Å². The Bertz CT molecular complexity index is 4160. The van der Waals surface area contributed by atoms with Crippen LogP contribution >= 0.6 is 0 Å². The van der Waals surface area contributed by atoms with E-state index in [2.05, 4.69) is 193 Å². The molecule has 0 radical (unpaired) electrons. The highest BCUT2D eigenvalue weighted by Gasteiger charge is 2.18. The van der Waals surface area contributed by atoms with Gasteiger partial charge in [-0.1, -0.05) is 146 Å². The molecule has 14 rings (SSSR count). The molecular formula is C60H35NO2. The number of benzene rings is 11. The molecule has 0 saturated carbocycles. The Labute approximate surface area is 361 Å². The molecular weight excluding hydrogens is 767 g/mol. The van der Waals surface area contributed by atoms with Crippen molar-refractivity contribution in [1.29, 1.82) is 0 Å². The zero-order chi connectivity index (χ0) is 41.2. The average Bonchev–Trinajstić information content (AvgIpc) is 4.03. The lowest BCUT2D eigenvalue weighted by molar-refractivity contribution is 0.669. The predicted molar refractivity (Wildman–Crippen MR) is 264 cm³/mol. The van der Waals surface area contributed by atoms with E-state index < -0.39 is 0 Å². The van der Waals surface area contributed by atoms with E-state index in [9.17, 15) is 0 Å². The maximum atomic E-state index is 6.44. The third-order valence-corrected chi connectivity index (χ3v) is 13.4. The lowest BCUT2D eigenvalue weighted by atomic mass is 9.92. The van der Waals surface area contributed by atoms with Crippen LogP contribution in [0.2, 0.25) is 0 Å². The molecule has 0 unspecified atom stereocenters. The van der Waals surface area contributed by atoms with Crippen molar-refractivity contribution in [2.24, 2.45) is 0 Å². The summed E-state index contributed by atoms with van der Waals surface area (Å²) in [5, 5.41) is 14.6. The van der Waals surface area contributed by atoms with Crippen LogP contribution in [-0.4, -0.2) is 4.57 Å². The number of hydrogen-bond acceptors (Lipinski definition) is 2. The third kappa shape index (κ3) is 5.08. The number of fused-ring (bicyclic) bond motifs is 15. The minimum absolute atomic E-state index is 0.901. The summed E-state index contributed by atoms with van der Waals surface area (Å²) in [4.78, 5) is 0. The highest BCUT2D eigenvalue weighted by molar-refractivity contribution is 6.26. The fourth-order valence-electron chi connectivity index (χ4n) is 10.4. The van der Waals surface area contributed by atoms with Gasteiger partial charge < -0.3 is 13.4 Å². The van der Waals surface area contributed by atoms with Crippen LogP contribution in [0.3, 0.4) is 0 Å². The standard InChI is InChI=1S/C60H35NO2/c1-2-12-45-43(10-1)44-11-3-4-13-46(44)51-32-37(22-28-47(45)51)38-23-29-55-52(33-38)53-34-39(40-25-31-59-54(35-40)49-15-6-7-18-57(49)62-59)24-30-56(53)61(55)41-26-20-36(21-27-41)42-16-9-17-50-48-14-5-8-19-58(48)63-60(42)50/h1-35H. The number of aromatic nitrogens is 1. The Morgan fingerprint density at radius 3 is 1.32 bits per heavy atom. The molecule has 0 spiro atoms. The monoisotopic (exact) mass is 801 g/mol. The molecule has 3 heteroatoms. The number of rotatable bonds is 4. The summed E-state index contributed by atoms with van der Waals surface area (Å²) < 4.78 is 15.1. The maximum absolute atomic E-state index is 6.44. The fourth-order valence-corrected chi connectivity index (χ4v) is 10.4. The molecule has 0 bridgehead atoms. The molecule has 0 atom stereocenters. The van der Waals surface area contributed by atoms with Gasteiger partial charge in [-0.15, -0.1) is 0 Å². The zero-order valence-corrected chi connectivity index (χ0v) is 34.0. The van der Waals surface area contributed by atoms with Crippen molar-refractivity contribution in [1.82, 2.24) is 4.57 Å². The van der Waals surface area contributed by atoms with Gasteiger partial charge in [0.05, 0.1) is 11.0 Å². The minimum atomic E-state index is 0.901. The molecule has 292 valence electrons. The van der Waals surface area contributed by atoms with Gasteiger partial charge in [-0.25, -0.2) is 0 Å². The second-order valence-electron chi connectivity index (χ2n) is 16.8. The number of hydrogen-bond donors (Lipinski definition) is 0. The summed E-state index contributed by atoms with van der Waals surface area (Å²) in [6, 6.07) is 77.0. The third-order valence-electron chi connectivity index (χ3n) is 13.4. The van der Waals surface area contributed by atoms with Gasteiger partial charge >= 0.3 is 0 Å². The van der Waals surface area contributed by atoms with E-state index in [0.717, 1.165) is 82.9 Å². The molecule has 0 N–H and O–H groups in total. The van der Waals surface area contributed by atoms with Crippen LogP contribution in [0.1, 0.15) is 0 Å². The summed E-state index contributed by atoms with van der Waals surface area (Å²) in [5.74, 6) is 0. The normalized spacial score (nSPS) is 12.1. The molecule has 3 heterocycles. The van der Waals surface area contributed by atoms with Crippen molar-refractivity contribution in [2.45, 2.75) is 0 Å². The topological polar surface area (TPSA) is 31.2 Å². The van der Waals surface area contributed by atoms with Gasteiger partial charge in [0, 0.05) is 43.6 Å². The average molecular weight is 802 g/mol. The van der Waals surface area contributed by atoms with Crippen LogP contribution < -0.4 is 0 Å². The fraction of sp³-hybridized carbons (Fsp3) is 0. The van der Waals surface area contributed by atoms with Gasteiger partial charge in [0.2, 0.25) is 0 Å². The first-order valence-corrected chi connectivity index (χ1v) is 21.6. The van der Waals surface area contributed by atoms with Crippen LogP contribution in [0.4, 0.5) is 0 Å². The van der Waals surface area contributed by atoms with Gasteiger partial charge in [-0.2, -0.15) is 0 Å². The van der Waals surface area contributed by atoms with E-state index in [-0.39, 0.29) is 0 Å². The summed E-state index contributed by atoms with van der Waals surface area (Å²) in [6.07, 6.45) is 0. The Morgan fingerprint density at radius 2 is 0.683 bits per heavy atom. The van der Waals surface area contributed by atoms with Gasteiger partial charge in [0.25, 0.3) is 0 Å². The molecule has 0 aliphatic carbocycles. The van der Waals surface area contributed by atoms with Crippen LogP contribution in [0, 0.1) is 0 Å². The van der Waals surface area contributed by atoms with E-state index in [1.54, 1.807) is 0 Å². The second kappa shape index (κ2) is 13.1. The summed E-state index contributed by atoms with van der Waals surface area (Å²) in [6.45, 7) is 0. The minimum Gasteiger partial charge on any atom is -0.456 e. The molecule has 0 aliphatic heterocycles. The van der Waals surface area contributed by atoms with Gasteiger partial charge in [-0.3, -0.25) is 0 Å². The van der Waals surface area contributed by atoms with Crippen molar-refractivity contribution in [3.05, 3.63) is 212 Å². The number of nitrogens with zero attached hydrogens (tertiary/aromatic N) is 1. The number of furan rings is 2. The van der Waals surface area contributed by atoms with E-state index >= 15 is 0 Å². The lowest BCUT2D eigenvalue weighted by Gasteiger charge is -2.12. The van der Waals surface area contributed by atoms with Crippen LogP contribution in [-0.2, 0) is 0 Å². The first-order chi connectivity index (χ1) is 31.2. The molecule has 63 heavy (non-hydrogen) atoms. The van der Waals surface area contributed by atoms with Crippen molar-refractivity contribution in [3.8, 4) is 39.1 Å². The Hall–Kier alpha value is -8.40. The largest absolute Gasteiger partial charge is 0.456 e. The Balaban J connectivity index is 0.960.